The van der Waals surface area contributed by atoms with Gasteiger partial charge in [0, 0.05) is 24.5 Å². The first kappa shape index (κ1) is 22.1. The summed E-state index contributed by atoms with van der Waals surface area (Å²) in [6.45, 7) is 3.96. The maximum absolute atomic E-state index is 13.1. The summed E-state index contributed by atoms with van der Waals surface area (Å²) in [5.41, 5.74) is 1.73. The highest BCUT2D eigenvalue weighted by atomic mass is 16.5. The normalized spacial score (nSPS) is 17.5. The van der Waals surface area contributed by atoms with Gasteiger partial charge in [0.05, 0.1) is 17.7 Å². The van der Waals surface area contributed by atoms with Crippen LogP contribution < -0.4 is 4.74 Å². The van der Waals surface area contributed by atoms with Crippen LogP contribution in [-0.4, -0.2) is 37.9 Å². The number of phenols is 1. The summed E-state index contributed by atoms with van der Waals surface area (Å²) < 4.78 is 5.64. The molecular formula is C26H24N2O5. The summed E-state index contributed by atoms with van der Waals surface area (Å²) in [6, 6.07) is 15.7. The van der Waals surface area contributed by atoms with Crippen molar-refractivity contribution in [3.8, 4) is 11.5 Å². The first-order valence-corrected chi connectivity index (χ1v) is 10.6. The van der Waals surface area contributed by atoms with Crippen molar-refractivity contribution in [2.45, 2.75) is 32.5 Å². The predicted octanol–water partition coefficient (Wildman–Crippen LogP) is 4.20. The molecule has 1 amide bonds. The molecule has 0 spiro atoms. The molecule has 0 unspecified atom stereocenters. The molecule has 0 bridgehead atoms. The fourth-order valence-electron chi connectivity index (χ4n) is 3.85. The number of aliphatic hydroxyl groups is 1. The van der Waals surface area contributed by atoms with Gasteiger partial charge in [-0.25, -0.2) is 0 Å². The number of carbonyl (C=O) groups excluding carboxylic acids is 2. The van der Waals surface area contributed by atoms with E-state index in [2.05, 4.69) is 4.98 Å². The fraction of sp³-hybridized carbons (Fsp3) is 0.192. The molecule has 1 aliphatic rings. The molecule has 0 aliphatic carbocycles. The second kappa shape index (κ2) is 9.16. The summed E-state index contributed by atoms with van der Waals surface area (Å²) in [5.74, 6) is -1.05. The molecule has 2 heterocycles. The van der Waals surface area contributed by atoms with Gasteiger partial charge in [0.2, 0.25) is 0 Å². The largest absolute Gasteiger partial charge is 0.508 e. The summed E-state index contributed by atoms with van der Waals surface area (Å²) in [4.78, 5) is 31.6. The molecule has 33 heavy (non-hydrogen) atoms. The lowest BCUT2D eigenvalue weighted by molar-refractivity contribution is -0.140. The summed E-state index contributed by atoms with van der Waals surface area (Å²) in [5, 5.41) is 20.8. The second-order valence-electron chi connectivity index (χ2n) is 8.07. The van der Waals surface area contributed by atoms with Crippen molar-refractivity contribution in [3.05, 3.63) is 95.3 Å². The van der Waals surface area contributed by atoms with Gasteiger partial charge in [-0.1, -0.05) is 18.2 Å². The highest BCUT2D eigenvalue weighted by molar-refractivity contribution is 6.46. The van der Waals surface area contributed by atoms with Gasteiger partial charge in [-0.2, -0.15) is 0 Å². The number of hydrogen-bond donors (Lipinski definition) is 2. The molecule has 4 rings (SSSR count). The zero-order valence-corrected chi connectivity index (χ0v) is 18.3. The molecule has 1 aliphatic heterocycles. The van der Waals surface area contributed by atoms with Crippen molar-refractivity contribution >= 4 is 17.4 Å². The summed E-state index contributed by atoms with van der Waals surface area (Å²) >= 11 is 0. The number of aliphatic hydroxyl groups excluding tert-OH is 1. The smallest absolute Gasteiger partial charge is 0.295 e. The Morgan fingerprint density at radius 1 is 1.06 bits per heavy atom. The number of aromatic hydroxyl groups is 1. The number of aromatic nitrogens is 1. The van der Waals surface area contributed by atoms with E-state index in [0.717, 1.165) is 5.56 Å². The molecule has 1 atom stereocenters. The van der Waals surface area contributed by atoms with Crippen LogP contribution in [0.3, 0.4) is 0 Å². The number of likely N-dealkylation sites (tertiary alicyclic amines) is 1. The average molecular weight is 444 g/mol. The number of ether oxygens (including phenoxy) is 1. The molecule has 168 valence electrons. The third kappa shape index (κ3) is 4.57. The van der Waals surface area contributed by atoms with Crippen molar-refractivity contribution < 1.29 is 24.5 Å². The lowest BCUT2D eigenvalue weighted by atomic mass is 9.95. The van der Waals surface area contributed by atoms with Crippen molar-refractivity contribution in [3.63, 3.8) is 0 Å². The van der Waals surface area contributed by atoms with Crippen molar-refractivity contribution in [2.24, 2.45) is 0 Å². The highest BCUT2D eigenvalue weighted by Gasteiger charge is 2.46. The zero-order valence-electron chi connectivity index (χ0n) is 18.3. The number of amides is 1. The minimum Gasteiger partial charge on any atom is -0.508 e. The molecule has 2 N–H and O–H groups in total. The van der Waals surface area contributed by atoms with E-state index in [-0.39, 0.29) is 29.7 Å². The van der Waals surface area contributed by atoms with Crippen LogP contribution in [0.5, 0.6) is 11.5 Å². The molecule has 3 aromatic rings. The van der Waals surface area contributed by atoms with E-state index >= 15 is 0 Å². The van der Waals surface area contributed by atoms with Crippen LogP contribution in [-0.2, 0) is 16.1 Å². The lowest BCUT2D eigenvalue weighted by Crippen LogP contribution is -2.29. The van der Waals surface area contributed by atoms with E-state index in [1.807, 2.05) is 19.9 Å². The van der Waals surface area contributed by atoms with Gasteiger partial charge in [-0.15, -0.1) is 0 Å². The SMILES string of the molecule is CC(C)Oc1ccc(/C(O)=C2\C(=O)C(=O)N(Cc3cccnc3)[C@@H]2c2ccc(O)cc2)cc1. The summed E-state index contributed by atoms with van der Waals surface area (Å²) in [7, 11) is 0. The van der Waals surface area contributed by atoms with Crippen LogP contribution in [0.25, 0.3) is 5.76 Å². The van der Waals surface area contributed by atoms with E-state index in [4.69, 9.17) is 4.74 Å². The predicted molar refractivity (Wildman–Crippen MR) is 122 cm³/mol. The van der Waals surface area contributed by atoms with Gasteiger partial charge in [0.25, 0.3) is 11.7 Å². The number of phenolic OH excluding ortho intramolecular Hbond substituents is 1. The lowest BCUT2D eigenvalue weighted by Gasteiger charge is -2.25. The van der Waals surface area contributed by atoms with Gasteiger partial charge in [-0.05, 0) is 67.4 Å². The fourth-order valence-corrected chi connectivity index (χ4v) is 3.85. The number of rotatable bonds is 6. The Labute approximate surface area is 191 Å². The number of ketones is 1. The van der Waals surface area contributed by atoms with Gasteiger partial charge >= 0.3 is 0 Å². The third-order valence-electron chi connectivity index (χ3n) is 5.32. The minimum absolute atomic E-state index is 0.00301. The molecule has 1 aromatic heterocycles. The molecular weight excluding hydrogens is 420 g/mol. The van der Waals surface area contributed by atoms with E-state index in [9.17, 15) is 19.8 Å². The Morgan fingerprint density at radius 2 is 1.76 bits per heavy atom. The molecule has 2 aromatic carbocycles. The van der Waals surface area contributed by atoms with Crippen LogP contribution in [0.1, 0.15) is 36.6 Å². The number of carbonyl (C=O) groups is 2. The van der Waals surface area contributed by atoms with E-state index in [1.54, 1.807) is 54.9 Å². The Kier molecular flexibility index (Phi) is 6.13. The Balaban J connectivity index is 1.79. The van der Waals surface area contributed by atoms with Gasteiger partial charge in [-0.3, -0.25) is 14.6 Å². The quantitative estimate of drug-likeness (QED) is 0.336. The first-order chi connectivity index (χ1) is 15.8. The molecule has 0 radical (unpaired) electrons. The van der Waals surface area contributed by atoms with Crippen molar-refractivity contribution in [1.29, 1.82) is 0 Å². The molecule has 7 heteroatoms. The molecule has 1 fully saturated rings. The Morgan fingerprint density at radius 3 is 2.36 bits per heavy atom. The van der Waals surface area contributed by atoms with E-state index in [0.29, 0.717) is 16.9 Å². The average Bonchev–Trinajstić information content (AvgIpc) is 3.05. The second-order valence-corrected chi connectivity index (χ2v) is 8.07. The standard InChI is InChI=1S/C26H24N2O5/c1-16(2)33-21-11-7-19(8-12-21)24(30)22-23(18-5-9-20(29)10-6-18)28(26(32)25(22)31)15-17-4-3-13-27-14-17/h3-14,16,23,29-30H,15H2,1-2H3/b24-22+/t23-/m1/s1. The molecule has 1 saturated heterocycles. The number of hydrogen-bond acceptors (Lipinski definition) is 6. The number of Topliss-reactive ketones (excluding diaryl/α,β-unsaturated/α-hetero) is 1. The van der Waals surface area contributed by atoms with Crippen LogP contribution in [0, 0.1) is 0 Å². The maximum Gasteiger partial charge on any atom is 0.295 e. The maximum atomic E-state index is 13.1. The van der Waals surface area contributed by atoms with Gasteiger partial charge in [0.1, 0.15) is 17.3 Å². The minimum atomic E-state index is -0.822. The van der Waals surface area contributed by atoms with Crippen LogP contribution in [0.2, 0.25) is 0 Å². The monoisotopic (exact) mass is 444 g/mol. The Bertz CT molecular complexity index is 1190. The summed E-state index contributed by atoms with van der Waals surface area (Å²) in [6.07, 6.45) is 3.25. The van der Waals surface area contributed by atoms with E-state index in [1.165, 1.54) is 17.0 Å². The molecule has 0 saturated carbocycles. The topological polar surface area (TPSA) is 100.0 Å². The highest BCUT2D eigenvalue weighted by Crippen LogP contribution is 2.40. The first-order valence-electron chi connectivity index (χ1n) is 10.6. The number of pyridine rings is 1. The number of benzene rings is 2. The molecule has 7 nitrogen and oxygen atoms in total. The van der Waals surface area contributed by atoms with Crippen LogP contribution in [0.15, 0.2) is 78.6 Å². The number of nitrogens with zero attached hydrogens (tertiary/aromatic N) is 2. The Hall–Kier alpha value is -4.13. The van der Waals surface area contributed by atoms with Gasteiger partial charge < -0.3 is 19.8 Å². The van der Waals surface area contributed by atoms with Crippen LogP contribution in [0.4, 0.5) is 0 Å². The van der Waals surface area contributed by atoms with Crippen LogP contribution >= 0.6 is 0 Å². The van der Waals surface area contributed by atoms with Gasteiger partial charge in [0.15, 0.2) is 0 Å². The van der Waals surface area contributed by atoms with E-state index < -0.39 is 17.7 Å². The van der Waals surface area contributed by atoms with Crippen molar-refractivity contribution in [2.75, 3.05) is 0 Å². The van der Waals surface area contributed by atoms with Crippen molar-refractivity contribution in [1.82, 2.24) is 9.88 Å². The third-order valence-corrected chi connectivity index (χ3v) is 5.32. The zero-order chi connectivity index (χ0) is 23.5.